The number of pyridine rings is 1. The van der Waals surface area contributed by atoms with Crippen molar-refractivity contribution < 1.29 is 23.5 Å². The molecule has 1 aromatic heterocycles. The van der Waals surface area contributed by atoms with Crippen LogP contribution in [0, 0.1) is 5.82 Å². The molecule has 0 bridgehead atoms. The number of carbonyl (C=O) groups excluding carboxylic acids is 2. The van der Waals surface area contributed by atoms with Gasteiger partial charge in [0.15, 0.2) is 5.75 Å². The van der Waals surface area contributed by atoms with E-state index in [2.05, 4.69) is 0 Å². The summed E-state index contributed by atoms with van der Waals surface area (Å²) >= 11 is 0. The van der Waals surface area contributed by atoms with Crippen LogP contribution < -0.4 is 10.2 Å². The van der Waals surface area contributed by atoms with Gasteiger partial charge in [0.25, 0.3) is 0 Å². The Balaban J connectivity index is 2.04. The van der Waals surface area contributed by atoms with E-state index in [1.165, 1.54) is 18.0 Å². The normalized spacial score (nSPS) is 18.9. The highest BCUT2D eigenvalue weighted by atomic mass is 19.1. The van der Waals surface area contributed by atoms with Crippen LogP contribution in [0.25, 0.3) is 10.9 Å². The first-order valence-corrected chi connectivity index (χ1v) is 9.69. The lowest BCUT2D eigenvalue weighted by Crippen LogP contribution is -2.37. The molecule has 0 N–H and O–H groups in total. The van der Waals surface area contributed by atoms with Gasteiger partial charge < -0.3 is 18.9 Å². The Morgan fingerprint density at radius 3 is 2.69 bits per heavy atom. The Bertz CT molecular complexity index is 1100. The number of ether oxygens (including phenoxy) is 2. The molecule has 2 aliphatic rings. The Hall–Kier alpha value is -2.90. The van der Waals surface area contributed by atoms with E-state index in [1.807, 2.05) is 6.92 Å². The van der Waals surface area contributed by atoms with E-state index in [0.29, 0.717) is 23.9 Å². The average molecular weight is 402 g/mol. The number of rotatable bonds is 4. The number of esters is 1. The van der Waals surface area contributed by atoms with E-state index in [4.69, 9.17) is 9.47 Å². The molecule has 0 unspecified atom stereocenters. The zero-order chi connectivity index (χ0) is 21.1. The second-order valence-electron chi connectivity index (χ2n) is 7.73. The molecule has 1 amide bonds. The summed E-state index contributed by atoms with van der Waals surface area (Å²) in [5.41, 5.74) is -0.758. The molecule has 1 aromatic carbocycles. The molecular weight excluding hydrogens is 379 g/mol. The van der Waals surface area contributed by atoms with Crippen molar-refractivity contribution in [2.75, 3.05) is 20.3 Å². The molecule has 29 heavy (non-hydrogen) atoms. The Morgan fingerprint density at radius 2 is 2.10 bits per heavy atom. The van der Waals surface area contributed by atoms with Crippen LogP contribution in [0.2, 0.25) is 0 Å². The molecule has 0 saturated heterocycles. The molecule has 154 valence electrons. The van der Waals surface area contributed by atoms with Gasteiger partial charge in [0, 0.05) is 20.2 Å². The summed E-state index contributed by atoms with van der Waals surface area (Å²) < 4.78 is 28.1. The monoisotopic (exact) mass is 402 g/mol. The van der Waals surface area contributed by atoms with Crippen LogP contribution >= 0.6 is 0 Å². The van der Waals surface area contributed by atoms with Crippen molar-refractivity contribution in [1.29, 1.82) is 0 Å². The van der Waals surface area contributed by atoms with E-state index in [9.17, 15) is 14.4 Å². The van der Waals surface area contributed by atoms with Crippen molar-refractivity contribution >= 4 is 22.8 Å². The van der Waals surface area contributed by atoms with Gasteiger partial charge >= 0.3 is 5.97 Å². The lowest BCUT2D eigenvalue weighted by atomic mass is 9.96. The van der Waals surface area contributed by atoms with Gasteiger partial charge in [-0.25, -0.2) is 9.18 Å². The van der Waals surface area contributed by atoms with Gasteiger partial charge in [-0.1, -0.05) is 0 Å². The second-order valence-corrected chi connectivity index (χ2v) is 7.73. The van der Waals surface area contributed by atoms with Crippen LogP contribution in [0.4, 0.5) is 4.39 Å². The van der Waals surface area contributed by atoms with Crippen molar-refractivity contribution in [3.8, 4) is 5.75 Å². The fourth-order valence-corrected chi connectivity index (χ4v) is 4.19. The lowest BCUT2D eigenvalue weighted by molar-refractivity contribution is -0.130. The molecule has 8 heteroatoms. The molecule has 1 aliphatic carbocycles. The number of benzene rings is 1. The van der Waals surface area contributed by atoms with Gasteiger partial charge in [-0.2, -0.15) is 0 Å². The third-order valence-electron chi connectivity index (χ3n) is 5.97. The molecule has 0 radical (unpaired) electrons. The minimum absolute atomic E-state index is 0.0691. The Kier molecular flexibility index (Phi) is 4.40. The summed E-state index contributed by atoms with van der Waals surface area (Å²) in [6.45, 7) is 5.37. The third-order valence-corrected chi connectivity index (χ3v) is 5.97. The van der Waals surface area contributed by atoms with Crippen LogP contribution in [-0.2, 0) is 15.1 Å². The molecule has 2 heterocycles. The molecule has 1 atom stereocenters. The number of halogens is 1. The summed E-state index contributed by atoms with van der Waals surface area (Å²) in [4.78, 5) is 38.8. The van der Waals surface area contributed by atoms with E-state index < -0.39 is 22.8 Å². The number of hydrogen-bond acceptors (Lipinski definition) is 5. The third kappa shape index (κ3) is 2.73. The topological polar surface area (TPSA) is 77.8 Å². The van der Waals surface area contributed by atoms with Crippen LogP contribution in [0.1, 0.15) is 55.6 Å². The van der Waals surface area contributed by atoms with E-state index in [1.54, 1.807) is 18.5 Å². The molecule has 7 nitrogen and oxygen atoms in total. The zero-order valence-corrected chi connectivity index (χ0v) is 16.9. The minimum atomic E-state index is -0.777. The molecular formula is C21H23FN2O5. The average Bonchev–Trinajstić information content (AvgIpc) is 3.46. The van der Waals surface area contributed by atoms with Crippen LogP contribution in [0.15, 0.2) is 17.1 Å². The van der Waals surface area contributed by atoms with E-state index >= 15 is 4.39 Å². The van der Waals surface area contributed by atoms with Crippen molar-refractivity contribution in [3.05, 3.63) is 39.4 Å². The highest BCUT2D eigenvalue weighted by Crippen LogP contribution is 2.56. The fourth-order valence-electron chi connectivity index (χ4n) is 4.19. The van der Waals surface area contributed by atoms with Gasteiger partial charge in [0.1, 0.15) is 18.0 Å². The summed E-state index contributed by atoms with van der Waals surface area (Å²) in [7, 11) is 1.65. The van der Waals surface area contributed by atoms with Crippen LogP contribution in [0.3, 0.4) is 0 Å². The van der Waals surface area contributed by atoms with E-state index in [-0.39, 0.29) is 41.9 Å². The first kappa shape index (κ1) is 19.4. The maximum atomic E-state index is 15.4. The highest BCUT2D eigenvalue weighted by Gasteiger charge is 2.53. The predicted octanol–water partition coefficient (Wildman–Crippen LogP) is 2.74. The first-order chi connectivity index (χ1) is 13.7. The largest absolute Gasteiger partial charge is 0.489 e. The highest BCUT2D eigenvalue weighted by molar-refractivity contribution is 5.96. The van der Waals surface area contributed by atoms with Crippen LogP contribution in [0.5, 0.6) is 5.75 Å². The molecule has 1 fully saturated rings. The number of hydrogen-bond donors (Lipinski definition) is 0. The summed E-state index contributed by atoms with van der Waals surface area (Å²) in [5.74, 6) is -1.25. The molecule has 1 aliphatic heterocycles. The maximum Gasteiger partial charge on any atom is 0.343 e. The quantitative estimate of drug-likeness (QED) is 0.735. The van der Waals surface area contributed by atoms with Crippen molar-refractivity contribution in [2.24, 2.45) is 0 Å². The lowest BCUT2D eigenvalue weighted by Gasteiger charge is -2.33. The molecule has 2 aromatic rings. The van der Waals surface area contributed by atoms with Gasteiger partial charge in [-0.15, -0.1) is 0 Å². The number of nitrogens with zero attached hydrogens (tertiary/aromatic N) is 2. The Morgan fingerprint density at radius 1 is 1.41 bits per heavy atom. The van der Waals surface area contributed by atoms with Gasteiger partial charge in [-0.05, 0) is 32.8 Å². The van der Waals surface area contributed by atoms with Crippen molar-refractivity contribution in [2.45, 2.75) is 45.2 Å². The van der Waals surface area contributed by atoms with Gasteiger partial charge in [-0.3, -0.25) is 9.59 Å². The van der Waals surface area contributed by atoms with Gasteiger partial charge in [0.05, 0.1) is 34.7 Å². The summed E-state index contributed by atoms with van der Waals surface area (Å²) in [6.07, 6.45) is 2.69. The molecule has 4 rings (SSSR count). The fraction of sp³-hybridized carbons (Fsp3) is 0.476. The first-order valence-electron chi connectivity index (χ1n) is 9.69. The van der Waals surface area contributed by atoms with Crippen molar-refractivity contribution in [3.63, 3.8) is 0 Å². The standard InChI is InChI=1S/C21H23FN2O5/c1-5-28-20(27)14-9-24-11(2)10-29-19-16(21(6-7-21)23(4)12(3)25)15(22)8-13(17(19)24)18(14)26/h8-9,11H,5-7,10H2,1-4H3/t11-/m0/s1. The number of aromatic nitrogens is 1. The summed E-state index contributed by atoms with van der Waals surface area (Å²) in [6, 6.07) is 0.989. The Labute approximate surface area is 167 Å². The molecule has 1 saturated carbocycles. The van der Waals surface area contributed by atoms with E-state index in [0.717, 1.165) is 6.07 Å². The zero-order valence-electron chi connectivity index (χ0n) is 16.9. The SMILES string of the molecule is CCOC(=O)c1cn2c3c(c(C4(N(C)C(C)=O)CC4)c(F)cc3c1=O)OC[C@@H]2C. The number of carbonyl (C=O) groups is 2. The predicted molar refractivity (Wildman–Crippen MR) is 104 cm³/mol. The van der Waals surface area contributed by atoms with Crippen LogP contribution in [-0.4, -0.2) is 41.6 Å². The molecule has 0 spiro atoms. The second kappa shape index (κ2) is 6.57. The maximum absolute atomic E-state index is 15.4. The smallest absolute Gasteiger partial charge is 0.343 e. The minimum Gasteiger partial charge on any atom is -0.489 e. The number of amides is 1. The van der Waals surface area contributed by atoms with Gasteiger partial charge in [0.2, 0.25) is 11.3 Å². The van der Waals surface area contributed by atoms with Crippen molar-refractivity contribution in [1.82, 2.24) is 9.47 Å². The summed E-state index contributed by atoms with van der Waals surface area (Å²) in [5, 5.41) is 0.0691.